The fraction of sp³-hybridized carbons (Fsp3) is 0.176. The summed E-state index contributed by atoms with van der Waals surface area (Å²) in [7, 11) is 0. The van der Waals surface area contributed by atoms with Crippen LogP contribution in [0.3, 0.4) is 0 Å². The maximum absolute atomic E-state index is 12.0. The van der Waals surface area contributed by atoms with Crippen LogP contribution in [0.2, 0.25) is 0 Å². The zero-order chi connectivity index (χ0) is 14.1. The van der Waals surface area contributed by atoms with Gasteiger partial charge in [-0.2, -0.15) is 0 Å². The summed E-state index contributed by atoms with van der Waals surface area (Å²) in [4.78, 5) is 22.5. The summed E-state index contributed by atoms with van der Waals surface area (Å²) in [5.74, 6) is -1.05. The van der Waals surface area contributed by atoms with Crippen molar-refractivity contribution in [2.24, 2.45) is 0 Å². The van der Waals surface area contributed by atoms with Gasteiger partial charge in [0, 0.05) is 12.0 Å². The Morgan fingerprint density at radius 1 is 0.950 bits per heavy atom. The second kappa shape index (κ2) is 4.93. The Balaban J connectivity index is 1.91. The Morgan fingerprint density at radius 2 is 1.70 bits per heavy atom. The predicted octanol–water partition coefficient (Wildman–Crippen LogP) is 3.31. The van der Waals surface area contributed by atoms with Crippen molar-refractivity contribution < 1.29 is 14.7 Å². The van der Waals surface area contributed by atoms with E-state index in [4.69, 9.17) is 5.11 Å². The SMILES string of the molecule is O=C(O)CCC(=O)c1ccc2c(c1)-c1ccccc1C2. The minimum atomic E-state index is -0.940. The van der Waals surface area contributed by atoms with Crippen molar-refractivity contribution in [3.8, 4) is 11.1 Å². The quantitative estimate of drug-likeness (QED) is 0.737. The number of aliphatic carboxylic acids is 1. The van der Waals surface area contributed by atoms with Gasteiger partial charge in [0.1, 0.15) is 0 Å². The van der Waals surface area contributed by atoms with E-state index in [1.54, 1.807) is 6.07 Å². The van der Waals surface area contributed by atoms with Crippen LogP contribution in [0.1, 0.15) is 34.3 Å². The van der Waals surface area contributed by atoms with Gasteiger partial charge in [0.05, 0.1) is 6.42 Å². The lowest BCUT2D eigenvalue weighted by Gasteiger charge is -2.04. The Morgan fingerprint density at radius 3 is 2.50 bits per heavy atom. The van der Waals surface area contributed by atoms with E-state index in [2.05, 4.69) is 12.1 Å². The maximum atomic E-state index is 12.0. The van der Waals surface area contributed by atoms with Gasteiger partial charge in [0.2, 0.25) is 0 Å². The fourth-order valence-electron chi connectivity index (χ4n) is 2.66. The number of hydrogen-bond acceptors (Lipinski definition) is 2. The molecular weight excluding hydrogens is 252 g/mol. The first-order valence-electron chi connectivity index (χ1n) is 6.61. The van der Waals surface area contributed by atoms with Crippen LogP contribution in [0.15, 0.2) is 42.5 Å². The molecule has 1 aliphatic rings. The molecule has 0 aromatic heterocycles. The van der Waals surface area contributed by atoms with Crippen LogP contribution >= 0.6 is 0 Å². The zero-order valence-electron chi connectivity index (χ0n) is 10.9. The van der Waals surface area contributed by atoms with Gasteiger partial charge in [-0.1, -0.05) is 36.4 Å². The number of hydrogen-bond donors (Lipinski definition) is 1. The predicted molar refractivity (Wildman–Crippen MR) is 75.9 cm³/mol. The van der Waals surface area contributed by atoms with Crippen molar-refractivity contribution in [2.75, 3.05) is 0 Å². The van der Waals surface area contributed by atoms with Crippen LogP contribution in [0.4, 0.5) is 0 Å². The molecule has 0 bridgehead atoms. The summed E-state index contributed by atoms with van der Waals surface area (Å²) < 4.78 is 0. The van der Waals surface area contributed by atoms with E-state index in [1.165, 1.54) is 16.7 Å². The van der Waals surface area contributed by atoms with Gasteiger partial charge in [0.25, 0.3) is 0 Å². The highest BCUT2D eigenvalue weighted by molar-refractivity contribution is 5.99. The summed E-state index contributed by atoms with van der Waals surface area (Å²) >= 11 is 0. The molecule has 2 aromatic rings. The molecule has 0 saturated carbocycles. The van der Waals surface area contributed by atoms with E-state index >= 15 is 0 Å². The molecule has 1 aliphatic carbocycles. The first-order valence-corrected chi connectivity index (χ1v) is 6.61. The van der Waals surface area contributed by atoms with E-state index in [-0.39, 0.29) is 18.6 Å². The van der Waals surface area contributed by atoms with E-state index in [1.807, 2.05) is 24.3 Å². The van der Waals surface area contributed by atoms with E-state index in [0.717, 1.165) is 12.0 Å². The molecule has 0 unspecified atom stereocenters. The molecule has 3 rings (SSSR count). The van der Waals surface area contributed by atoms with E-state index < -0.39 is 5.97 Å². The summed E-state index contributed by atoms with van der Waals surface area (Å²) in [5.41, 5.74) is 5.37. The minimum absolute atomic E-state index is 0.0514. The second-order valence-electron chi connectivity index (χ2n) is 5.02. The molecule has 1 N–H and O–H groups in total. The average molecular weight is 266 g/mol. The summed E-state index contributed by atoms with van der Waals surface area (Å²) in [6, 6.07) is 13.8. The van der Waals surface area contributed by atoms with Crippen molar-refractivity contribution in [1.29, 1.82) is 0 Å². The number of Topliss-reactive ketones (excluding diaryl/α,β-unsaturated/α-hetero) is 1. The number of fused-ring (bicyclic) bond motifs is 3. The lowest BCUT2D eigenvalue weighted by Crippen LogP contribution is -2.04. The molecule has 0 atom stereocenters. The fourth-order valence-corrected chi connectivity index (χ4v) is 2.66. The van der Waals surface area contributed by atoms with E-state index in [0.29, 0.717) is 5.56 Å². The zero-order valence-corrected chi connectivity index (χ0v) is 10.9. The molecular formula is C17H14O3. The lowest BCUT2D eigenvalue weighted by atomic mass is 9.99. The number of carboxylic acids is 1. The van der Waals surface area contributed by atoms with Crippen LogP contribution in [0.5, 0.6) is 0 Å². The van der Waals surface area contributed by atoms with Crippen LogP contribution < -0.4 is 0 Å². The van der Waals surface area contributed by atoms with E-state index in [9.17, 15) is 9.59 Å². The van der Waals surface area contributed by atoms with Crippen LogP contribution in [0.25, 0.3) is 11.1 Å². The molecule has 0 spiro atoms. The highest BCUT2D eigenvalue weighted by atomic mass is 16.4. The Kier molecular flexibility index (Phi) is 3.11. The second-order valence-corrected chi connectivity index (χ2v) is 5.02. The maximum Gasteiger partial charge on any atom is 0.303 e. The van der Waals surface area contributed by atoms with Crippen LogP contribution in [0, 0.1) is 0 Å². The summed E-state index contributed by atoms with van der Waals surface area (Å²) in [6.45, 7) is 0. The van der Waals surface area contributed by atoms with Crippen molar-refractivity contribution in [3.63, 3.8) is 0 Å². The average Bonchev–Trinajstić information content (AvgIpc) is 2.82. The van der Waals surface area contributed by atoms with Crippen molar-refractivity contribution >= 4 is 11.8 Å². The van der Waals surface area contributed by atoms with Crippen molar-refractivity contribution in [2.45, 2.75) is 19.3 Å². The first kappa shape index (κ1) is 12.6. The topological polar surface area (TPSA) is 54.4 Å². The third-order valence-electron chi connectivity index (χ3n) is 3.69. The highest BCUT2D eigenvalue weighted by Crippen LogP contribution is 2.36. The molecule has 0 saturated heterocycles. The lowest BCUT2D eigenvalue weighted by molar-refractivity contribution is -0.136. The number of carbonyl (C=O) groups is 2. The molecule has 3 nitrogen and oxygen atoms in total. The largest absolute Gasteiger partial charge is 0.481 e. The molecule has 3 heteroatoms. The Labute approximate surface area is 116 Å². The van der Waals surface area contributed by atoms with Crippen molar-refractivity contribution in [3.05, 3.63) is 59.2 Å². The molecule has 100 valence electrons. The summed E-state index contributed by atoms with van der Waals surface area (Å²) in [5, 5.41) is 8.64. The van der Waals surface area contributed by atoms with Gasteiger partial charge < -0.3 is 5.11 Å². The van der Waals surface area contributed by atoms with Gasteiger partial charge in [-0.15, -0.1) is 0 Å². The monoisotopic (exact) mass is 266 g/mol. The third-order valence-corrected chi connectivity index (χ3v) is 3.69. The molecule has 0 radical (unpaired) electrons. The molecule has 0 amide bonds. The smallest absolute Gasteiger partial charge is 0.303 e. The molecule has 2 aromatic carbocycles. The first-order chi connectivity index (χ1) is 9.65. The molecule has 20 heavy (non-hydrogen) atoms. The van der Waals surface area contributed by atoms with Gasteiger partial charge in [-0.25, -0.2) is 0 Å². The number of rotatable bonds is 4. The van der Waals surface area contributed by atoms with Gasteiger partial charge in [-0.05, 0) is 34.7 Å². The number of benzene rings is 2. The molecule has 0 aliphatic heterocycles. The van der Waals surface area contributed by atoms with Gasteiger partial charge >= 0.3 is 5.97 Å². The highest BCUT2D eigenvalue weighted by Gasteiger charge is 2.19. The number of carboxylic acid groups (broad SMARTS) is 1. The number of carbonyl (C=O) groups excluding carboxylic acids is 1. The molecule has 0 fully saturated rings. The van der Waals surface area contributed by atoms with Crippen molar-refractivity contribution in [1.82, 2.24) is 0 Å². The standard InChI is InChI=1S/C17H14O3/c18-16(7-8-17(19)20)13-6-5-12-9-11-3-1-2-4-14(11)15(12)10-13/h1-6,10H,7-9H2,(H,19,20). The van der Waals surface area contributed by atoms with Gasteiger partial charge in [0.15, 0.2) is 5.78 Å². The Bertz CT molecular complexity index is 701. The third kappa shape index (κ3) is 2.23. The normalized spacial score (nSPS) is 11.8. The van der Waals surface area contributed by atoms with Crippen LogP contribution in [-0.2, 0) is 11.2 Å². The number of ketones is 1. The Hall–Kier alpha value is -2.42. The summed E-state index contributed by atoms with van der Waals surface area (Å²) in [6.07, 6.45) is 0.831. The minimum Gasteiger partial charge on any atom is -0.481 e. The van der Waals surface area contributed by atoms with Gasteiger partial charge in [-0.3, -0.25) is 9.59 Å². The van der Waals surface area contributed by atoms with Crippen LogP contribution in [-0.4, -0.2) is 16.9 Å². The molecule has 0 heterocycles.